The molecule has 4 nitrogen and oxygen atoms in total. The number of benzene rings is 1. The zero-order chi connectivity index (χ0) is 14.0. The first-order chi connectivity index (χ1) is 8.97. The minimum atomic E-state index is -0.581. The zero-order valence-electron chi connectivity index (χ0n) is 10.4. The Kier molecular flexibility index (Phi) is 3.99. The van der Waals surface area contributed by atoms with Crippen LogP contribution < -0.4 is 5.32 Å². The quantitative estimate of drug-likeness (QED) is 0.940. The zero-order valence-corrected chi connectivity index (χ0v) is 12.0. The van der Waals surface area contributed by atoms with Gasteiger partial charge in [-0.15, -0.1) is 0 Å². The molecule has 1 amide bonds. The molecule has 1 heterocycles. The number of halogens is 2. The molecule has 0 spiro atoms. The molecule has 1 aromatic carbocycles. The van der Waals surface area contributed by atoms with E-state index in [2.05, 4.69) is 26.2 Å². The van der Waals surface area contributed by atoms with Gasteiger partial charge in [0, 0.05) is 4.47 Å². The molecular formula is C13H12BrFN2O2. The van der Waals surface area contributed by atoms with Gasteiger partial charge >= 0.3 is 0 Å². The van der Waals surface area contributed by atoms with E-state index in [1.165, 1.54) is 12.1 Å². The third-order valence-corrected chi connectivity index (χ3v) is 3.03. The van der Waals surface area contributed by atoms with Crippen LogP contribution in [0.3, 0.4) is 0 Å². The van der Waals surface area contributed by atoms with E-state index >= 15 is 0 Å². The van der Waals surface area contributed by atoms with Crippen LogP contribution in [0.1, 0.15) is 35.0 Å². The third-order valence-electron chi connectivity index (χ3n) is 2.53. The normalized spacial score (nSPS) is 12.2. The van der Waals surface area contributed by atoms with Crippen LogP contribution in [0.2, 0.25) is 0 Å². The van der Waals surface area contributed by atoms with Gasteiger partial charge < -0.3 is 9.73 Å². The number of aryl methyl sites for hydroxylation is 1. The first-order valence-electron chi connectivity index (χ1n) is 5.65. The monoisotopic (exact) mass is 326 g/mol. The Bertz CT molecular complexity index is 612. The number of nitrogens with one attached hydrogen (secondary N) is 1. The van der Waals surface area contributed by atoms with Crippen LogP contribution in [-0.2, 0) is 0 Å². The molecule has 0 saturated heterocycles. The average Bonchev–Trinajstić information content (AvgIpc) is 2.75. The summed E-state index contributed by atoms with van der Waals surface area (Å²) in [6.45, 7) is 3.49. The molecule has 0 radical (unpaired) electrons. The van der Waals surface area contributed by atoms with E-state index in [0.717, 1.165) is 0 Å². The molecule has 1 atom stereocenters. The van der Waals surface area contributed by atoms with E-state index in [4.69, 9.17) is 4.42 Å². The van der Waals surface area contributed by atoms with Crippen molar-refractivity contribution in [2.75, 3.05) is 0 Å². The lowest BCUT2D eigenvalue weighted by Gasteiger charge is -2.11. The summed E-state index contributed by atoms with van der Waals surface area (Å²) >= 11 is 3.14. The molecule has 2 aromatic rings. The average molecular weight is 327 g/mol. The maximum Gasteiger partial charge on any atom is 0.254 e. The highest BCUT2D eigenvalue weighted by Gasteiger charge is 2.18. The van der Waals surface area contributed by atoms with Crippen LogP contribution in [0.15, 0.2) is 33.3 Å². The van der Waals surface area contributed by atoms with E-state index < -0.39 is 17.8 Å². The number of nitrogens with zero attached hydrogens (tertiary/aromatic N) is 1. The predicted molar refractivity (Wildman–Crippen MR) is 71.2 cm³/mol. The van der Waals surface area contributed by atoms with Crippen molar-refractivity contribution in [2.45, 2.75) is 19.9 Å². The van der Waals surface area contributed by atoms with E-state index in [9.17, 15) is 9.18 Å². The Morgan fingerprint density at radius 1 is 1.53 bits per heavy atom. The van der Waals surface area contributed by atoms with Crippen LogP contribution in [-0.4, -0.2) is 10.9 Å². The van der Waals surface area contributed by atoms with E-state index in [1.807, 2.05) is 0 Å². The summed E-state index contributed by atoms with van der Waals surface area (Å²) in [5, 5.41) is 2.64. The molecule has 1 aromatic heterocycles. The Morgan fingerprint density at radius 2 is 2.26 bits per heavy atom. The number of carbonyl (C=O) groups excluding carboxylic acids is 1. The molecule has 1 unspecified atom stereocenters. The summed E-state index contributed by atoms with van der Waals surface area (Å²) in [7, 11) is 0. The van der Waals surface area contributed by atoms with Gasteiger partial charge in [-0.1, -0.05) is 15.9 Å². The van der Waals surface area contributed by atoms with Gasteiger partial charge in [0.1, 0.15) is 17.6 Å². The lowest BCUT2D eigenvalue weighted by atomic mass is 10.2. The van der Waals surface area contributed by atoms with Crippen LogP contribution in [0.4, 0.5) is 4.39 Å². The number of aromatic nitrogens is 1. The highest BCUT2D eigenvalue weighted by atomic mass is 79.9. The van der Waals surface area contributed by atoms with E-state index in [1.54, 1.807) is 26.1 Å². The van der Waals surface area contributed by atoms with Crippen LogP contribution in [0.5, 0.6) is 0 Å². The molecule has 6 heteroatoms. The van der Waals surface area contributed by atoms with Crippen molar-refractivity contribution >= 4 is 21.8 Å². The molecule has 0 fully saturated rings. The fourth-order valence-corrected chi connectivity index (χ4v) is 1.92. The van der Waals surface area contributed by atoms with Gasteiger partial charge in [0.05, 0.1) is 11.8 Å². The number of hydrogen-bond acceptors (Lipinski definition) is 3. The Balaban J connectivity index is 2.12. The van der Waals surface area contributed by atoms with Crippen molar-refractivity contribution in [3.8, 4) is 0 Å². The highest BCUT2D eigenvalue weighted by Crippen LogP contribution is 2.17. The molecule has 0 aliphatic rings. The summed E-state index contributed by atoms with van der Waals surface area (Å²) in [6.07, 6.45) is 1.57. The summed E-state index contributed by atoms with van der Waals surface area (Å²) in [6, 6.07) is 3.85. The lowest BCUT2D eigenvalue weighted by molar-refractivity contribution is 0.0930. The Hall–Kier alpha value is -1.69. The van der Waals surface area contributed by atoms with Crippen molar-refractivity contribution in [1.82, 2.24) is 10.3 Å². The smallest absolute Gasteiger partial charge is 0.254 e. The summed E-state index contributed by atoms with van der Waals surface area (Å²) in [5.74, 6) is -0.0368. The summed E-state index contributed by atoms with van der Waals surface area (Å²) < 4.78 is 19.5. The van der Waals surface area contributed by atoms with Gasteiger partial charge in [0.2, 0.25) is 5.89 Å². The second-order valence-corrected chi connectivity index (χ2v) is 5.04. The molecule has 0 saturated carbocycles. The van der Waals surface area contributed by atoms with Crippen LogP contribution >= 0.6 is 15.9 Å². The predicted octanol–water partition coefficient (Wildman–Crippen LogP) is 3.38. The number of hydrogen-bond donors (Lipinski definition) is 1. The van der Waals surface area contributed by atoms with Crippen molar-refractivity contribution in [1.29, 1.82) is 0 Å². The van der Waals surface area contributed by atoms with Gasteiger partial charge in [-0.05, 0) is 32.0 Å². The van der Waals surface area contributed by atoms with Gasteiger partial charge in [-0.2, -0.15) is 0 Å². The second kappa shape index (κ2) is 5.52. The Labute approximate surface area is 118 Å². The van der Waals surface area contributed by atoms with Gasteiger partial charge in [0.15, 0.2) is 0 Å². The minimum absolute atomic E-state index is 0.0154. The number of oxazole rings is 1. The fourth-order valence-electron chi connectivity index (χ4n) is 1.58. The van der Waals surface area contributed by atoms with Crippen LogP contribution in [0.25, 0.3) is 0 Å². The topological polar surface area (TPSA) is 55.1 Å². The van der Waals surface area contributed by atoms with Crippen LogP contribution in [0, 0.1) is 12.7 Å². The molecule has 19 heavy (non-hydrogen) atoms. The maximum absolute atomic E-state index is 13.6. The first kappa shape index (κ1) is 13.7. The standard InChI is InChI=1S/C13H12BrFN2O2/c1-7-6-16-13(19-7)8(2)17-12(18)10-4-3-9(14)5-11(10)15/h3-6,8H,1-2H3,(H,17,18). The summed E-state index contributed by atoms with van der Waals surface area (Å²) in [4.78, 5) is 15.9. The maximum atomic E-state index is 13.6. The number of rotatable bonds is 3. The third kappa shape index (κ3) is 3.20. The second-order valence-electron chi connectivity index (χ2n) is 4.13. The molecule has 2 rings (SSSR count). The number of carbonyl (C=O) groups is 1. The molecule has 0 bridgehead atoms. The summed E-state index contributed by atoms with van der Waals surface area (Å²) in [5.41, 5.74) is -0.0154. The Morgan fingerprint density at radius 3 is 2.84 bits per heavy atom. The van der Waals surface area contributed by atoms with Crippen molar-refractivity contribution in [3.63, 3.8) is 0 Å². The highest BCUT2D eigenvalue weighted by molar-refractivity contribution is 9.10. The first-order valence-corrected chi connectivity index (χ1v) is 6.45. The molecular weight excluding hydrogens is 315 g/mol. The SMILES string of the molecule is Cc1cnc(C(C)NC(=O)c2ccc(Br)cc2F)o1. The van der Waals surface area contributed by atoms with Crippen molar-refractivity contribution in [3.05, 3.63) is 51.9 Å². The van der Waals surface area contributed by atoms with E-state index in [-0.39, 0.29) is 5.56 Å². The molecule has 1 N–H and O–H groups in total. The van der Waals surface area contributed by atoms with Gasteiger partial charge in [-0.25, -0.2) is 9.37 Å². The fraction of sp³-hybridized carbons (Fsp3) is 0.231. The molecule has 100 valence electrons. The van der Waals surface area contributed by atoms with Crippen molar-refractivity contribution in [2.24, 2.45) is 0 Å². The largest absolute Gasteiger partial charge is 0.444 e. The van der Waals surface area contributed by atoms with E-state index in [0.29, 0.717) is 16.1 Å². The lowest BCUT2D eigenvalue weighted by Crippen LogP contribution is -2.27. The molecule has 0 aliphatic carbocycles. The minimum Gasteiger partial charge on any atom is -0.444 e. The van der Waals surface area contributed by atoms with Gasteiger partial charge in [-0.3, -0.25) is 4.79 Å². The molecule has 0 aliphatic heterocycles. The van der Waals surface area contributed by atoms with Gasteiger partial charge in [0.25, 0.3) is 5.91 Å². The number of amides is 1. The van der Waals surface area contributed by atoms with Crippen molar-refractivity contribution < 1.29 is 13.6 Å².